The molecule has 0 heterocycles. The van der Waals surface area contributed by atoms with Gasteiger partial charge in [-0.05, 0) is 89.9 Å². The summed E-state index contributed by atoms with van der Waals surface area (Å²) in [4.78, 5) is 37.9. The molecule has 0 aliphatic rings. The summed E-state index contributed by atoms with van der Waals surface area (Å²) in [5.74, 6) is -0.924. The zero-order chi connectivity index (χ0) is 45.8. The van der Waals surface area contributed by atoms with E-state index >= 15 is 0 Å². The number of rotatable bonds is 47. The Morgan fingerprint density at radius 2 is 0.619 bits per heavy atom. The smallest absolute Gasteiger partial charge is 0.306 e. The average molecular weight is 879 g/mol. The van der Waals surface area contributed by atoms with Crippen LogP contribution in [0.3, 0.4) is 0 Å². The summed E-state index contributed by atoms with van der Waals surface area (Å²) >= 11 is 0. The fourth-order valence-corrected chi connectivity index (χ4v) is 7.23. The normalized spacial score (nSPS) is 12.6. The lowest BCUT2D eigenvalue weighted by molar-refractivity contribution is -0.167. The summed E-state index contributed by atoms with van der Waals surface area (Å²) in [5, 5.41) is 0. The highest BCUT2D eigenvalue weighted by Crippen LogP contribution is 2.14. The molecular formula is C57H98O6. The van der Waals surface area contributed by atoms with Crippen molar-refractivity contribution in [1.29, 1.82) is 0 Å². The first-order valence-corrected chi connectivity index (χ1v) is 26.4. The Morgan fingerprint density at radius 1 is 0.333 bits per heavy atom. The van der Waals surface area contributed by atoms with Crippen LogP contribution in [0.15, 0.2) is 72.9 Å². The summed E-state index contributed by atoms with van der Waals surface area (Å²) in [6.45, 7) is 6.47. The van der Waals surface area contributed by atoms with Crippen molar-refractivity contribution in [3.8, 4) is 0 Å². The Labute approximate surface area is 389 Å². The van der Waals surface area contributed by atoms with E-state index in [0.29, 0.717) is 19.3 Å². The van der Waals surface area contributed by atoms with Gasteiger partial charge in [0.1, 0.15) is 13.2 Å². The Hall–Kier alpha value is -3.15. The van der Waals surface area contributed by atoms with E-state index in [-0.39, 0.29) is 31.1 Å². The lowest BCUT2D eigenvalue weighted by Gasteiger charge is -2.18. The van der Waals surface area contributed by atoms with Gasteiger partial charge in [0.25, 0.3) is 0 Å². The predicted octanol–water partition coefficient (Wildman–Crippen LogP) is 17.4. The molecule has 0 rings (SSSR count). The van der Waals surface area contributed by atoms with Gasteiger partial charge >= 0.3 is 17.9 Å². The Kier molecular flexibility index (Phi) is 48.9. The predicted molar refractivity (Wildman–Crippen MR) is 270 cm³/mol. The lowest BCUT2D eigenvalue weighted by Crippen LogP contribution is -2.30. The molecule has 6 heteroatoms. The number of carbonyl (C=O) groups excluding carboxylic acids is 3. The van der Waals surface area contributed by atoms with E-state index in [9.17, 15) is 14.4 Å². The molecule has 0 aromatic rings. The second-order valence-corrected chi connectivity index (χ2v) is 17.4. The molecule has 0 aromatic carbocycles. The van der Waals surface area contributed by atoms with Crippen molar-refractivity contribution in [2.75, 3.05) is 13.2 Å². The van der Waals surface area contributed by atoms with E-state index < -0.39 is 6.10 Å². The quantitative estimate of drug-likeness (QED) is 0.0262. The molecule has 0 unspecified atom stereocenters. The first-order valence-electron chi connectivity index (χ1n) is 26.4. The maximum absolute atomic E-state index is 12.8. The van der Waals surface area contributed by atoms with Crippen LogP contribution in [-0.2, 0) is 28.6 Å². The lowest BCUT2D eigenvalue weighted by atomic mass is 10.1. The molecule has 0 fully saturated rings. The third kappa shape index (κ3) is 49.7. The molecule has 1 atom stereocenters. The molecule has 0 N–H and O–H groups in total. The van der Waals surface area contributed by atoms with Crippen LogP contribution >= 0.6 is 0 Å². The van der Waals surface area contributed by atoms with Gasteiger partial charge < -0.3 is 14.2 Å². The third-order valence-electron chi connectivity index (χ3n) is 11.2. The molecule has 0 saturated heterocycles. The van der Waals surface area contributed by atoms with Crippen LogP contribution in [0.25, 0.3) is 0 Å². The molecule has 0 aliphatic carbocycles. The first kappa shape index (κ1) is 59.9. The number of allylic oxidation sites excluding steroid dienone is 12. The van der Waals surface area contributed by atoms with E-state index in [1.807, 2.05) is 0 Å². The van der Waals surface area contributed by atoms with Crippen LogP contribution in [0.1, 0.15) is 252 Å². The highest BCUT2D eigenvalue weighted by molar-refractivity contribution is 5.71. The number of ether oxygens (including phenoxy) is 3. The van der Waals surface area contributed by atoms with E-state index in [1.54, 1.807) is 0 Å². The highest BCUT2D eigenvalue weighted by atomic mass is 16.6. The van der Waals surface area contributed by atoms with Crippen molar-refractivity contribution in [2.45, 2.75) is 258 Å². The van der Waals surface area contributed by atoms with Gasteiger partial charge in [-0.15, -0.1) is 0 Å². The SMILES string of the molecule is CC/C=C\C/C=C\C/C=C\C/C=C\C/C=C\CCCCCC(=O)OC[C@H](COC(=O)CCCCCCCCCCC)OC(=O)CCCCCCCCC/C=C\CCCCCCCC. The minimum Gasteiger partial charge on any atom is -0.462 e. The fraction of sp³-hybridized carbons (Fsp3) is 0.737. The minimum absolute atomic E-state index is 0.0865. The van der Waals surface area contributed by atoms with Gasteiger partial charge in [0.15, 0.2) is 6.10 Å². The molecule has 6 nitrogen and oxygen atoms in total. The summed E-state index contributed by atoms with van der Waals surface area (Å²) in [7, 11) is 0. The van der Waals surface area contributed by atoms with Crippen molar-refractivity contribution in [2.24, 2.45) is 0 Å². The molecule has 0 radical (unpaired) electrons. The van der Waals surface area contributed by atoms with Gasteiger partial charge in [-0.2, -0.15) is 0 Å². The molecule has 0 aliphatic heterocycles. The van der Waals surface area contributed by atoms with Gasteiger partial charge in [0.2, 0.25) is 0 Å². The van der Waals surface area contributed by atoms with Crippen LogP contribution in [0.4, 0.5) is 0 Å². The average Bonchev–Trinajstić information content (AvgIpc) is 3.28. The monoisotopic (exact) mass is 879 g/mol. The first-order chi connectivity index (χ1) is 31.0. The standard InChI is InChI=1S/C57H98O6/c1-4-7-10-13-16-19-21-23-25-27-28-30-31-33-35-38-41-44-47-50-56(59)62-53-54(52-61-55(58)49-46-43-40-37-18-15-12-9-6-3)63-57(60)51-48-45-42-39-36-34-32-29-26-24-22-20-17-14-11-8-5-2/h7,10,16,19,23-26,28,30,33,35,54H,4-6,8-9,11-15,17-18,20-22,27,29,31-32,34,36-53H2,1-3H3/b10-7-,19-16-,25-23-,26-24-,30-28-,35-33-/t54-/m0/s1. The van der Waals surface area contributed by atoms with Gasteiger partial charge in [0, 0.05) is 19.3 Å². The van der Waals surface area contributed by atoms with E-state index in [1.165, 1.54) is 116 Å². The maximum Gasteiger partial charge on any atom is 0.306 e. The van der Waals surface area contributed by atoms with Crippen LogP contribution in [0.2, 0.25) is 0 Å². The zero-order valence-electron chi connectivity index (χ0n) is 41.3. The molecule has 0 amide bonds. The summed E-state index contributed by atoms with van der Waals surface area (Å²) < 4.78 is 16.8. The van der Waals surface area contributed by atoms with Crippen LogP contribution in [-0.4, -0.2) is 37.2 Å². The molecular weight excluding hydrogens is 781 g/mol. The van der Waals surface area contributed by atoms with Crippen molar-refractivity contribution < 1.29 is 28.6 Å². The molecule has 0 aromatic heterocycles. The van der Waals surface area contributed by atoms with Gasteiger partial charge in [-0.3, -0.25) is 14.4 Å². The van der Waals surface area contributed by atoms with E-state index in [0.717, 1.165) is 96.3 Å². The van der Waals surface area contributed by atoms with Gasteiger partial charge in [-0.1, -0.05) is 216 Å². The Balaban J connectivity index is 4.38. The zero-order valence-corrected chi connectivity index (χ0v) is 41.3. The van der Waals surface area contributed by atoms with Gasteiger partial charge in [-0.25, -0.2) is 0 Å². The molecule has 63 heavy (non-hydrogen) atoms. The summed E-state index contributed by atoms with van der Waals surface area (Å²) in [5.41, 5.74) is 0. The van der Waals surface area contributed by atoms with Crippen molar-refractivity contribution >= 4 is 17.9 Å². The number of esters is 3. The minimum atomic E-state index is -0.788. The highest BCUT2D eigenvalue weighted by Gasteiger charge is 2.19. The van der Waals surface area contributed by atoms with Gasteiger partial charge in [0.05, 0.1) is 0 Å². The van der Waals surface area contributed by atoms with Crippen molar-refractivity contribution in [1.82, 2.24) is 0 Å². The van der Waals surface area contributed by atoms with E-state index in [2.05, 4.69) is 93.7 Å². The topological polar surface area (TPSA) is 78.9 Å². The Bertz CT molecular complexity index is 1190. The number of carbonyl (C=O) groups is 3. The summed E-state index contributed by atoms with van der Waals surface area (Å²) in [6.07, 6.45) is 64.6. The van der Waals surface area contributed by atoms with E-state index in [4.69, 9.17) is 14.2 Å². The number of unbranched alkanes of at least 4 members (excludes halogenated alkanes) is 24. The molecule has 362 valence electrons. The van der Waals surface area contributed by atoms with Crippen LogP contribution in [0.5, 0.6) is 0 Å². The van der Waals surface area contributed by atoms with Crippen LogP contribution < -0.4 is 0 Å². The van der Waals surface area contributed by atoms with Crippen LogP contribution in [0, 0.1) is 0 Å². The summed E-state index contributed by atoms with van der Waals surface area (Å²) in [6, 6.07) is 0. The third-order valence-corrected chi connectivity index (χ3v) is 11.2. The van der Waals surface area contributed by atoms with Crippen molar-refractivity contribution in [3.63, 3.8) is 0 Å². The van der Waals surface area contributed by atoms with Crippen molar-refractivity contribution in [3.05, 3.63) is 72.9 Å². The second-order valence-electron chi connectivity index (χ2n) is 17.4. The maximum atomic E-state index is 12.8. The largest absolute Gasteiger partial charge is 0.462 e. The molecule has 0 bridgehead atoms. The number of hydrogen-bond donors (Lipinski definition) is 0. The second kappa shape index (κ2) is 51.5. The fourth-order valence-electron chi connectivity index (χ4n) is 7.23. The molecule has 0 spiro atoms. The Morgan fingerprint density at radius 3 is 1.00 bits per heavy atom. The molecule has 0 saturated carbocycles. The number of hydrogen-bond acceptors (Lipinski definition) is 6.